The number of nitrogens with one attached hydrogen (secondary N) is 5. The van der Waals surface area contributed by atoms with Gasteiger partial charge in [0.2, 0.25) is 41.7 Å². The lowest BCUT2D eigenvalue weighted by molar-refractivity contribution is -0.119. The van der Waals surface area contributed by atoms with Gasteiger partial charge in [-0.05, 0) is 37.5 Å². The van der Waals surface area contributed by atoms with E-state index in [1.165, 1.54) is 9.80 Å². The molecule has 5 rings (SSSR count). The number of nitrogens with two attached hydrogens (primary N) is 5. The number of carbonyl (C=O) groups is 2. The Labute approximate surface area is 266 Å². The summed E-state index contributed by atoms with van der Waals surface area (Å²) >= 11 is 0. The molecule has 3 aromatic rings. The molecule has 22 heteroatoms. The summed E-state index contributed by atoms with van der Waals surface area (Å²) in [6.45, 7) is 5.47. The van der Waals surface area contributed by atoms with Crippen LogP contribution < -0.4 is 54.4 Å². The summed E-state index contributed by atoms with van der Waals surface area (Å²) < 4.78 is 0. The fourth-order valence-electron chi connectivity index (χ4n) is 4.68. The molecule has 2 amide bonds. The average molecular weight is 645 g/mol. The number of hydrogen-bond donors (Lipinski definition) is 10. The molecule has 2 atom stereocenters. The summed E-state index contributed by atoms with van der Waals surface area (Å²) in [4.78, 5) is 61.3. The van der Waals surface area contributed by atoms with Crippen LogP contribution in [-0.4, -0.2) is 77.6 Å². The Hall–Kier alpha value is -6.74. The van der Waals surface area contributed by atoms with Gasteiger partial charge in [0.1, 0.15) is 12.1 Å². The number of aliphatic imine (C=N–C) groups is 2. The van der Waals surface area contributed by atoms with Gasteiger partial charge < -0.3 is 34.0 Å². The van der Waals surface area contributed by atoms with Crippen LogP contribution in [0.4, 0.5) is 41.1 Å². The van der Waals surface area contributed by atoms with Crippen molar-refractivity contribution in [3.05, 3.63) is 18.2 Å². The minimum atomic E-state index is -0.792. The second-order valence-electron chi connectivity index (χ2n) is 10.7. The van der Waals surface area contributed by atoms with E-state index in [-0.39, 0.29) is 59.1 Å². The molecule has 0 fully saturated rings. The summed E-state index contributed by atoms with van der Waals surface area (Å²) in [5, 5.41) is 23.4. The van der Waals surface area contributed by atoms with Crippen molar-refractivity contribution < 1.29 is 9.59 Å². The summed E-state index contributed by atoms with van der Waals surface area (Å²) in [5.74, 6) is -2.21. The molecule has 0 spiro atoms. The zero-order chi connectivity index (χ0) is 34.2. The molecule has 0 saturated heterocycles. The summed E-state index contributed by atoms with van der Waals surface area (Å²) in [6.07, 6.45) is 0.414. The molecule has 0 saturated carbocycles. The molecule has 1 aromatic carbocycles. The smallest absolute Gasteiger partial charge is 0.272 e. The van der Waals surface area contributed by atoms with Crippen LogP contribution in [0.1, 0.15) is 27.2 Å². The summed E-state index contributed by atoms with van der Waals surface area (Å²) in [6, 6.07) is 3.23. The Kier molecular flexibility index (Phi) is 8.31. The van der Waals surface area contributed by atoms with Crippen molar-refractivity contribution in [1.82, 2.24) is 29.9 Å². The first-order chi connectivity index (χ1) is 22.2. The molecule has 4 heterocycles. The van der Waals surface area contributed by atoms with Crippen LogP contribution in [0.3, 0.4) is 0 Å². The highest BCUT2D eigenvalue weighted by molar-refractivity contribution is 6.12. The lowest BCUT2D eigenvalue weighted by Gasteiger charge is -2.24. The normalized spacial score (nSPS) is 17.5. The SMILES string of the molecule is CC(C)CC1C(=O)N=C(N)N1c1nc(NC(=N)N)nc(-c2cc(Nc3nc(NC(=N)N)nc(N4C(N)=NC(=O)C4C)n3)ccc2N)n1. The number of carbonyl (C=O) groups excluding carboxylic acids is 2. The van der Waals surface area contributed by atoms with Crippen molar-refractivity contribution in [3.8, 4) is 11.4 Å². The van der Waals surface area contributed by atoms with Crippen LogP contribution in [0.2, 0.25) is 0 Å². The molecule has 244 valence electrons. The fourth-order valence-corrected chi connectivity index (χ4v) is 4.68. The van der Waals surface area contributed by atoms with E-state index >= 15 is 0 Å². The number of rotatable bonds is 9. The lowest BCUT2D eigenvalue weighted by Crippen LogP contribution is -2.44. The van der Waals surface area contributed by atoms with E-state index in [4.69, 9.17) is 39.5 Å². The van der Waals surface area contributed by atoms with Gasteiger partial charge in [0, 0.05) is 16.9 Å². The molecule has 2 aliphatic rings. The second-order valence-corrected chi connectivity index (χ2v) is 10.7. The zero-order valence-corrected chi connectivity index (χ0v) is 25.3. The van der Waals surface area contributed by atoms with Crippen LogP contribution in [0.5, 0.6) is 0 Å². The van der Waals surface area contributed by atoms with Crippen molar-refractivity contribution in [2.75, 3.05) is 31.5 Å². The van der Waals surface area contributed by atoms with Crippen molar-refractivity contribution in [1.29, 1.82) is 10.8 Å². The van der Waals surface area contributed by atoms with E-state index in [1.54, 1.807) is 25.1 Å². The fraction of sp³-hybridized carbons (Fsp3) is 0.280. The maximum absolute atomic E-state index is 12.7. The number of nitrogens with zero attached hydrogens (tertiary/aromatic N) is 10. The van der Waals surface area contributed by atoms with Crippen LogP contribution in [0.15, 0.2) is 28.2 Å². The minimum absolute atomic E-state index is 0.0233. The number of aromatic nitrogens is 6. The van der Waals surface area contributed by atoms with Gasteiger partial charge in [-0.25, -0.2) is 0 Å². The number of hydrogen-bond acceptors (Lipinski definition) is 16. The van der Waals surface area contributed by atoms with Gasteiger partial charge in [0.25, 0.3) is 11.8 Å². The van der Waals surface area contributed by atoms with Gasteiger partial charge in [-0.15, -0.1) is 0 Å². The predicted molar refractivity (Wildman–Crippen MR) is 175 cm³/mol. The Balaban J connectivity index is 1.56. The maximum Gasteiger partial charge on any atom is 0.272 e. The quantitative estimate of drug-likeness (QED) is 0.0741. The first-order valence-corrected chi connectivity index (χ1v) is 14.0. The predicted octanol–water partition coefficient (Wildman–Crippen LogP) is -1.21. The van der Waals surface area contributed by atoms with Gasteiger partial charge in [-0.3, -0.25) is 40.8 Å². The van der Waals surface area contributed by atoms with Crippen molar-refractivity contribution in [2.45, 2.75) is 39.3 Å². The molecule has 2 unspecified atom stereocenters. The van der Waals surface area contributed by atoms with Crippen LogP contribution in [0, 0.1) is 16.7 Å². The number of nitrogen functional groups attached to an aromatic ring is 1. The minimum Gasteiger partial charge on any atom is -0.398 e. The second kappa shape index (κ2) is 12.3. The molecule has 0 radical (unpaired) electrons. The van der Waals surface area contributed by atoms with E-state index in [0.29, 0.717) is 17.7 Å². The van der Waals surface area contributed by atoms with Crippen LogP contribution in [-0.2, 0) is 9.59 Å². The van der Waals surface area contributed by atoms with E-state index in [1.807, 2.05) is 13.8 Å². The zero-order valence-electron chi connectivity index (χ0n) is 25.3. The van der Waals surface area contributed by atoms with E-state index in [9.17, 15) is 9.59 Å². The molecule has 2 aromatic heterocycles. The molecular formula is C25H32N20O2. The monoisotopic (exact) mass is 644 g/mol. The van der Waals surface area contributed by atoms with E-state index < -0.39 is 35.8 Å². The number of guanidine groups is 4. The third-order valence-corrected chi connectivity index (χ3v) is 6.70. The number of anilines is 7. The van der Waals surface area contributed by atoms with Gasteiger partial charge >= 0.3 is 0 Å². The molecule has 47 heavy (non-hydrogen) atoms. The molecule has 0 bridgehead atoms. The largest absolute Gasteiger partial charge is 0.398 e. The standard InChI is InChI=1S/C25H32N20O2/c1-8(2)6-13-16(47)37-20(32)45(13)24-35-14(34-22(42-24)38-17(27)28)11-7-10(4-5-12(11)26)33-21-40-23(39-18(29)30)43-25(41-21)44-9(3)15(46)36-19(44)31/h4-5,7-9,13H,6,26H2,1-3H3,(H2,31,36,46)(H2,32,37,47)(H4,27,28,34,35,38,42)(H5,29,30,33,39,40,41,43). The van der Waals surface area contributed by atoms with Gasteiger partial charge in [0.15, 0.2) is 17.7 Å². The summed E-state index contributed by atoms with van der Waals surface area (Å²) in [5.41, 5.74) is 30.4. The Morgan fingerprint density at radius 1 is 0.830 bits per heavy atom. The Bertz CT molecular complexity index is 1850. The van der Waals surface area contributed by atoms with Gasteiger partial charge in [-0.2, -0.15) is 39.9 Å². The Morgan fingerprint density at radius 2 is 1.40 bits per heavy atom. The van der Waals surface area contributed by atoms with Gasteiger partial charge in [-0.1, -0.05) is 13.8 Å². The average Bonchev–Trinajstić information content (AvgIpc) is 3.39. The molecule has 15 N–H and O–H groups in total. The molecule has 0 aliphatic carbocycles. The topological polar surface area (TPSA) is 357 Å². The highest BCUT2D eigenvalue weighted by Gasteiger charge is 2.38. The van der Waals surface area contributed by atoms with E-state index in [2.05, 4.69) is 55.8 Å². The van der Waals surface area contributed by atoms with Crippen molar-refractivity contribution in [3.63, 3.8) is 0 Å². The van der Waals surface area contributed by atoms with Crippen molar-refractivity contribution in [2.24, 2.45) is 38.8 Å². The number of amides is 2. The molecular weight excluding hydrogens is 612 g/mol. The van der Waals surface area contributed by atoms with E-state index in [0.717, 1.165) is 0 Å². The van der Waals surface area contributed by atoms with Crippen molar-refractivity contribution >= 4 is 76.8 Å². The Morgan fingerprint density at radius 3 is 2.00 bits per heavy atom. The van der Waals surface area contributed by atoms with Crippen LogP contribution in [0.25, 0.3) is 11.4 Å². The third kappa shape index (κ3) is 6.69. The molecule has 22 nitrogen and oxygen atoms in total. The number of benzene rings is 1. The first kappa shape index (κ1) is 31.7. The molecule has 2 aliphatic heterocycles. The highest BCUT2D eigenvalue weighted by atomic mass is 16.2. The maximum atomic E-state index is 12.7. The van der Waals surface area contributed by atoms with Crippen LogP contribution >= 0.6 is 0 Å². The lowest BCUT2D eigenvalue weighted by atomic mass is 10.0. The highest BCUT2D eigenvalue weighted by Crippen LogP contribution is 2.31. The first-order valence-electron chi connectivity index (χ1n) is 14.0. The third-order valence-electron chi connectivity index (χ3n) is 6.70. The summed E-state index contributed by atoms with van der Waals surface area (Å²) in [7, 11) is 0. The van der Waals surface area contributed by atoms with Gasteiger partial charge in [0.05, 0.1) is 0 Å².